The standard InChI is InChI=1S/C25H28ClN3O/c1-15-7-6-10-23(17(15)3)29-25(30)21-14-27-24(20-9-5-4-8-19(20)21)28-18-12-11-16(2)22(26)13-18/h4-5,8-9,11-15,17,23H,6-7,10H2,1-3H3,(H,27,28)(H,29,30)/t15-,17+,23-/m1/s1. The molecule has 0 saturated heterocycles. The fourth-order valence-corrected chi connectivity index (χ4v) is 4.49. The number of rotatable bonds is 4. The summed E-state index contributed by atoms with van der Waals surface area (Å²) in [5.41, 5.74) is 2.51. The van der Waals surface area contributed by atoms with Gasteiger partial charge in [0.05, 0.1) is 5.56 Å². The first-order chi connectivity index (χ1) is 14.4. The number of carbonyl (C=O) groups is 1. The molecule has 1 aromatic heterocycles. The number of carbonyl (C=O) groups excluding carboxylic acids is 1. The molecule has 156 valence electrons. The zero-order valence-electron chi connectivity index (χ0n) is 17.7. The van der Waals surface area contributed by atoms with Crippen LogP contribution in [0.2, 0.25) is 5.02 Å². The van der Waals surface area contributed by atoms with Gasteiger partial charge in [0.2, 0.25) is 0 Å². The molecule has 1 aliphatic carbocycles. The first kappa shape index (κ1) is 20.7. The number of benzene rings is 2. The van der Waals surface area contributed by atoms with E-state index < -0.39 is 0 Å². The molecular formula is C25H28ClN3O. The first-order valence-electron chi connectivity index (χ1n) is 10.7. The number of hydrogen-bond acceptors (Lipinski definition) is 3. The van der Waals surface area contributed by atoms with Crippen LogP contribution in [0, 0.1) is 18.8 Å². The maximum absolute atomic E-state index is 13.1. The minimum Gasteiger partial charge on any atom is -0.349 e. The highest BCUT2D eigenvalue weighted by Gasteiger charge is 2.29. The van der Waals surface area contributed by atoms with Crippen LogP contribution in [0.25, 0.3) is 10.8 Å². The topological polar surface area (TPSA) is 54.0 Å². The van der Waals surface area contributed by atoms with Crippen LogP contribution >= 0.6 is 11.6 Å². The Balaban J connectivity index is 1.63. The Morgan fingerprint density at radius 1 is 1.10 bits per heavy atom. The second-order valence-corrected chi connectivity index (χ2v) is 8.91. The predicted molar refractivity (Wildman–Crippen MR) is 125 cm³/mol. The number of aromatic nitrogens is 1. The quantitative estimate of drug-likeness (QED) is 0.505. The van der Waals surface area contributed by atoms with Gasteiger partial charge >= 0.3 is 0 Å². The summed E-state index contributed by atoms with van der Waals surface area (Å²) < 4.78 is 0. The highest BCUT2D eigenvalue weighted by molar-refractivity contribution is 6.31. The maximum Gasteiger partial charge on any atom is 0.253 e. The molecule has 0 aliphatic heterocycles. The number of aryl methyl sites for hydroxylation is 1. The van der Waals surface area contributed by atoms with Crippen LogP contribution in [0.15, 0.2) is 48.7 Å². The molecule has 1 fully saturated rings. The molecule has 0 bridgehead atoms. The molecule has 2 aromatic carbocycles. The number of hydrogen-bond donors (Lipinski definition) is 2. The van der Waals surface area contributed by atoms with Crippen molar-refractivity contribution in [2.45, 2.75) is 46.1 Å². The van der Waals surface area contributed by atoms with Crippen LogP contribution < -0.4 is 10.6 Å². The second kappa shape index (κ2) is 8.65. The third kappa shape index (κ3) is 4.15. The SMILES string of the molecule is Cc1ccc(Nc2ncc(C(=O)N[C@@H]3CCC[C@@H](C)[C@@H]3C)c3ccccc23)cc1Cl. The van der Waals surface area contributed by atoms with Crippen molar-refractivity contribution >= 4 is 39.8 Å². The first-order valence-corrected chi connectivity index (χ1v) is 11.0. The van der Waals surface area contributed by atoms with E-state index in [1.165, 1.54) is 6.42 Å². The Morgan fingerprint density at radius 2 is 1.87 bits per heavy atom. The minimum absolute atomic E-state index is 0.0467. The van der Waals surface area contributed by atoms with Crippen LogP contribution in [0.4, 0.5) is 11.5 Å². The summed E-state index contributed by atoms with van der Waals surface area (Å²) in [6.07, 6.45) is 5.11. The van der Waals surface area contributed by atoms with E-state index in [9.17, 15) is 4.79 Å². The van der Waals surface area contributed by atoms with Crippen molar-refractivity contribution in [1.82, 2.24) is 10.3 Å². The highest BCUT2D eigenvalue weighted by atomic mass is 35.5. The Hall–Kier alpha value is -2.59. The number of nitrogens with one attached hydrogen (secondary N) is 2. The molecule has 0 unspecified atom stereocenters. The number of halogens is 1. The third-order valence-electron chi connectivity index (χ3n) is 6.50. The van der Waals surface area contributed by atoms with Gasteiger partial charge < -0.3 is 10.6 Å². The Kier molecular flexibility index (Phi) is 5.96. The Bertz CT molecular complexity index is 1080. The second-order valence-electron chi connectivity index (χ2n) is 8.50. The van der Waals surface area contributed by atoms with Crippen molar-refractivity contribution in [3.05, 3.63) is 64.8 Å². The van der Waals surface area contributed by atoms with E-state index in [2.05, 4.69) is 29.5 Å². The molecule has 3 atom stereocenters. The molecule has 4 nitrogen and oxygen atoms in total. The molecule has 2 N–H and O–H groups in total. The van der Waals surface area contributed by atoms with E-state index >= 15 is 0 Å². The molecule has 1 saturated carbocycles. The smallest absolute Gasteiger partial charge is 0.253 e. The lowest BCUT2D eigenvalue weighted by Crippen LogP contribution is -2.43. The number of amides is 1. The number of pyridine rings is 1. The van der Waals surface area contributed by atoms with E-state index in [1.807, 2.05) is 49.4 Å². The van der Waals surface area contributed by atoms with Crippen molar-refractivity contribution in [1.29, 1.82) is 0 Å². The number of fused-ring (bicyclic) bond motifs is 1. The van der Waals surface area contributed by atoms with Crippen molar-refractivity contribution in [3.63, 3.8) is 0 Å². The summed E-state index contributed by atoms with van der Waals surface area (Å²) in [4.78, 5) is 17.7. The van der Waals surface area contributed by atoms with E-state index in [4.69, 9.17) is 11.6 Å². The summed E-state index contributed by atoms with van der Waals surface area (Å²) in [7, 11) is 0. The predicted octanol–water partition coefficient (Wildman–Crippen LogP) is 6.49. The summed E-state index contributed by atoms with van der Waals surface area (Å²) in [5, 5.41) is 9.13. The fourth-order valence-electron chi connectivity index (χ4n) is 4.31. The highest BCUT2D eigenvalue weighted by Crippen LogP contribution is 2.31. The van der Waals surface area contributed by atoms with Crippen LogP contribution in [0.1, 0.15) is 49.0 Å². The van der Waals surface area contributed by atoms with Gasteiger partial charge in [0.1, 0.15) is 5.82 Å². The summed E-state index contributed by atoms with van der Waals surface area (Å²) in [6, 6.07) is 13.9. The molecule has 1 amide bonds. The molecule has 0 spiro atoms. The van der Waals surface area contributed by atoms with Gasteiger partial charge in [-0.2, -0.15) is 0 Å². The van der Waals surface area contributed by atoms with E-state index in [1.54, 1.807) is 6.20 Å². The zero-order chi connectivity index (χ0) is 21.3. The minimum atomic E-state index is -0.0467. The van der Waals surface area contributed by atoms with Gasteiger partial charge in [-0.05, 0) is 48.3 Å². The average molecular weight is 422 g/mol. The van der Waals surface area contributed by atoms with E-state index in [0.717, 1.165) is 34.9 Å². The molecule has 1 heterocycles. The maximum atomic E-state index is 13.1. The van der Waals surface area contributed by atoms with Crippen molar-refractivity contribution in [2.75, 3.05) is 5.32 Å². The van der Waals surface area contributed by atoms with E-state index in [0.29, 0.717) is 28.2 Å². The Morgan fingerprint density at radius 3 is 2.63 bits per heavy atom. The molecule has 1 aliphatic rings. The lowest BCUT2D eigenvalue weighted by atomic mass is 9.78. The van der Waals surface area contributed by atoms with Gasteiger partial charge in [-0.25, -0.2) is 4.98 Å². The number of nitrogens with zero attached hydrogens (tertiary/aromatic N) is 1. The third-order valence-corrected chi connectivity index (χ3v) is 6.90. The van der Waals surface area contributed by atoms with E-state index in [-0.39, 0.29) is 11.9 Å². The fraction of sp³-hybridized carbons (Fsp3) is 0.360. The van der Waals surface area contributed by atoms with Crippen LogP contribution in [-0.2, 0) is 0 Å². The molecular weight excluding hydrogens is 394 g/mol. The van der Waals surface area contributed by atoms with Crippen molar-refractivity contribution < 1.29 is 4.79 Å². The summed E-state index contributed by atoms with van der Waals surface area (Å²) in [6.45, 7) is 6.49. The normalized spacial score (nSPS) is 21.4. The van der Waals surface area contributed by atoms with Gasteiger partial charge in [0.25, 0.3) is 5.91 Å². The number of anilines is 2. The molecule has 4 rings (SSSR count). The Labute approximate surface area is 183 Å². The van der Waals surface area contributed by atoms with Crippen molar-refractivity contribution in [2.24, 2.45) is 11.8 Å². The zero-order valence-corrected chi connectivity index (χ0v) is 18.5. The van der Waals surface area contributed by atoms with Crippen molar-refractivity contribution in [3.8, 4) is 0 Å². The lowest BCUT2D eigenvalue weighted by molar-refractivity contribution is 0.0892. The van der Waals surface area contributed by atoms with Gasteiger partial charge in [-0.15, -0.1) is 0 Å². The summed E-state index contributed by atoms with van der Waals surface area (Å²) >= 11 is 6.27. The summed E-state index contributed by atoms with van der Waals surface area (Å²) in [5.74, 6) is 1.78. The largest absolute Gasteiger partial charge is 0.349 e. The lowest BCUT2D eigenvalue weighted by Gasteiger charge is -2.34. The van der Waals surface area contributed by atoms with Crippen LogP contribution in [-0.4, -0.2) is 16.9 Å². The molecule has 30 heavy (non-hydrogen) atoms. The van der Waals surface area contributed by atoms with Gasteiger partial charge in [0, 0.05) is 28.3 Å². The molecule has 0 radical (unpaired) electrons. The molecule has 5 heteroatoms. The van der Waals surface area contributed by atoms with Gasteiger partial charge in [-0.1, -0.05) is 68.6 Å². The average Bonchev–Trinajstić information content (AvgIpc) is 2.74. The monoisotopic (exact) mass is 421 g/mol. The van der Waals surface area contributed by atoms with Crippen LogP contribution in [0.5, 0.6) is 0 Å². The van der Waals surface area contributed by atoms with Crippen LogP contribution in [0.3, 0.4) is 0 Å². The van der Waals surface area contributed by atoms with Gasteiger partial charge in [0.15, 0.2) is 0 Å². The molecule has 3 aromatic rings. The van der Waals surface area contributed by atoms with Gasteiger partial charge in [-0.3, -0.25) is 4.79 Å².